The quantitative estimate of drug-likeness (QED) is 0.793. The Labute approximate surface area is 91.1 Å². The van der Waals surface area contributed by atoms with Crippen LogP contribution in [0.25, 0.3) is 0 Å². The Hall–Kier alpha value is -0.860. The first kappa shape index (κ1) is 10.7. The summed E-state index contributed by atoms with van der Waals surface area (Å²) in [5, 5.41) is 10.0. The molecule has 2 nitrogen and oxygen atoms in total. The number of aliphatic hydroxyl groups is 1. The van der Waals surface area contributed by atoms with Crippen molar-refractivity contribution in [2.75, 3.05) is 0 Å². The molecule has 0 spiro atoms. The van der Waals surface area contributed by atoms with E-state index in [0.29, 0.717) is 5.92 Å². The summed E-state index contributed by atoms with van der Waals surface area (Å²) in [5.74, 6) is 0.430. The minimum atomic E-state index is -0.370. The summed E-state index contributed by atoms with van der Waals surface area (Å²) in [4.78, 5) is 0. The van der Waals surface area contributed by atoms with E-state index in [1.807, 2.05) is 12.1 Å². The zero-order valence-electron chi connectivity index (χ0n) is 9.40. The van der Waals surface area contributed by atoms with Gasteiger partial charge in [-0.15, -0.1) is 0 Å². The van der Waals surface area contributed by atoms with Crippen LogP contribution in [0, 0.1) is 19.8 Å². The molecule has 1 aromatic carbocycles. The number of benzene rings is 1. The molecule has 1 fully saturated rings. The van der Waals surface area contributed by atoms with Crippen molar-refractivity contribution in [1.29, 1.82) is 0 Å². The van der Waals surface area contributed by atoms with Gasteiger partial charge in [0, 0.05) is 0 Å². The van der Waals surface area contributed by atoms with Gasteiger partial charge < -0.3 is 10.8 Å². The lowest BCUT2D eigenvalue weighted by molar-refractivity contribution is 0.122. The summed E-state index contributed by atoms with van der Waals surface area (Å²) >= 11 is 0. The molecular formula is C13H19NO. The summed E-state index contributed by atoms with van der Waals surface area (Å²) in [7, 11) is 0. The van der Waals surface area contributed by atoms with Gasteiger partial charge in [0.25, 0.3) is 0 Å². The van der Waals surface area contributed by atoms with E-state index in [4.69, 9.17) is 5.73 Å². The Bertz CT molecular complexity index is 358. The predicted octanol–water partition coefficient (Wildman–Crippen LogP) is 2.07. The number of hydrogen-bond acceptors (Lipinski definition) is 2. The van der Waals surface area contributed by atoms with Gasteiger partial charge >= 0.3 is 0 Å². The lowest BCUT2D eigenvalue weighted by Crippen LogP contribution is -2.28. The molecule has 1 aliphatic carbocycles. The summed E-state index contributed by atoms with van der Waals surface area (Å²) < 4.78 is 0. The molecule has 0 heterocycles. The molecule has 0 aromatic heterocycles. The monoisotopic (exact) mass is 205 g/mol. The van der Waals surface area contributed by atoms with E-state index in [1.165, 1.54) is 11.1 Å². The van der Waals surface area contributed by atoms with Crippen molar-refractivity contribution >= 4 is 0 Å². The fourth-order valence-electron chi connectivity index (χ4n) is 2.05. The van der Waals surface area contributed by atoms with Crippen LogP contribution in [0.2, 0.25) is 0 Å². The van der Waals surface area contributed by atoms with Gasteiger partial charge in [0.05, 0.1) is 12.1 Å². The molecule has 1 aliphatic rings. The standard InChI is InChI=1S/C13H19NO/c1-8-4-3-5-11(9(8)2)12(14)13(15)10-6-7-10/h3-5,10,12-13,15H,6-7,14H2,1-2H3/t12-,13+/m1/s1. The molecular weight excluding hydrogens is 186 g/mol. The fraction of sp³-hybridized carbons (Fsp3) is 0.538. The third-order valence-corrected chi connectivity index (χ3v) is 3.48. The highest BCUT2D eigenvalue weighted by Gasteiger charge is 2.34. The molecule has 0 saturated heterocycles. The fourth-order valence-corrected chi connectivity index (χ4v) is 2.05. The third-order valence-electron chi connectivity index (χ3n) is 3.48. The van der Waals surface area contributed by atoms with E-state index in [1.54, 1.807) is 0 Å². The minimum Gasteiger partial charge on any atom is -0.391 e. The molecule has 0 aliphatic heterocycles. The molecule has 2 rings (SSSR count). The van der Waals surface area contributed by atoms with Crippen molar-refractivity contribution in [1.82, 2.24) is 0 Å². The topological polar surface area (TPSA) is 46.2 Å². The summed E-state index contributed by atoms with van der Waals surface area (Å²) in [6.45, 7) is 4.15. The lowest BCUT2D eigenvalue weighted by atomic mass is 9.93. The Morgan fingerprint density at radius 3 is 2.60 bits per heavy atom. The summed E-state index contributed by atoms with van der Waals surface area (Å²) in [6, 6.07) is 5.89. The van der Waals surface area contributed by atoms with Crippen LogP contribution in [-0.4, -0.2) is 11.2 Å². The van der Waals surface area contributed by atoms with Gasteiger partial charge in [-0.3, -0.25) is 0 Å². The van der Waals surface area contributed by atoms with Gasteiger partial charge in [0.1, 0.15) is 0 Å². The zero-order chi connectivity index (χ0) is 11.0. The molecule has 1 aromatic rings. The normalized spacial score (nSPS) is 20.0. The first-order chi connectivity index (χ1) is 7.11. The largest absolute Gasteiger partial charge is 0.391 e. The molecule has 0 bridgehead atoms. The maximum atomic E-state index is 10.0. The van der Waals surface area contributed by atoms with Crippen LogP contribution in [0.1, 0.15) is 35.6 Å². The van der Waals surface area contributed by atoms with Crippen LogP contribution in [0.15, 0.2) is 18.2 Å². The van der Waals surface area contributed by atoms with Gasteiger partial charge in [0.2, 0.25) is 0 Å². The molecule has 0 radical (unpaired) electrons. The Morgan fingerprint density at radius 2 is 2.00 bits per heavy atom. The number of nitrogens with two attached hydrogens (primary N) is 1. The summed E-state index contributed by atoms with van der Waals surface area (Å²) in [5.41, 5.74) is 9.65. The van der Waals surface area contributed by atoms with Gasteiger partial charge in [-0.1, -0.05) is 18.2 Å². The summed E-state index contributed by atoms with van der Waals surface area (Å²) in [6.07, 6.45) is 1.88. The van der Waals surface area contributed by atoms with Crippen LogP contribution in [0.3, 0.4) is 0 Å². The first-order valence-corrected chi connectivity index (χ1v) is 5.61. The van der Waals surface area contributed by atoms with E-state index >= 15 is 0 Å². The molecule has 0 unspecified atom stereocenters. The zero-order valence-corrected chi connectivity index (χ0v) is 9.40. The SMILES string of the molecule is Cc1cccc([C@@H](N)[C@@H](O)C2CC2)c1C. The van der Waals surface area contributed by atoms with Gasteiger partial charge in [-0.25, -0.2) is 0 Å². The minimum absolute atomic E-state index is 0.225. The average molecular weight is 205 g/mol. The number of aryl methyl sites for hydroxylation is 1. The third kappa shape index (κ3) is 2.06. The van der Waals surface area contributed by atoms with Crippen molar-refractivity contribution in [2.45, 2.75) is 38.8 Å². The Kier molecular flexibility index (Phi) is 2.81. The van der Waals surface area contributed by atoms with E-state index in [9.17, 15) is 5.11 Å². The molecule has 1 saturated carbocycles. The van der Waals surface area contributed by atoms with Crippen LogP contribution in [0.5, 0.6) is 0 Å². The second-order valence-electron chi connectivity index (χ2n) is 4.64. The van der Waals surface area contributed by atoms with Crippen LogP contribution < -0.4 is 5.73 Å². The van der Waals surface area contributed by atoms with Crippen LogP contribution in [-0.2, 0) is 0 Å². The van der Waals surface area contributed by atoms with E-state index in [0.717, 1.165) is 18.4 Å². The van der Waals surface area contributed by atoms with Crippen molar-refractivity contribution in [3.8, 4) is 0 Å². The highest BCUT2D eigenvalue weighted by molar-refractivity contribution is 5.35. The van der Waals surface area contributed by atoms with Crippen molar-refractivity contribution in [3.63, 3.8) is 0 Å². The first-order valence-electron chi connectivity index (χ1n) is 5.61. The lowest BCUT2D eigenvalue weighted by Gasteiger charge is -2.21. The highest BCUT2D eigenvalue weighted by atomic mass is 16.3. The second kappa shape index (κ2) is 3.95. The number of hydrogen-bond donors (Lipinski definition) is 2. The second-order valence-corrected chi connectivity index (χ2v) is 4.64. The van der Waals surface area contributed by atoms with Crippen LogP contribution >= 0.6 is 0 Å². The Morgan fingerprint density at radius 1 is 1.33 bits per heavy atom. The number of aliphatic hydroxyl groups excluding tert-OH is 1. The van der Waals surface area contributed by atoms with Crippen molar-refractivity contribution < 1.29 is 5.11 Å². The van der Waals surface area contributed by atoms with E-state index < -0.39 is 0 Å². The van der Waals surface area contributed by atoms with Gasteiger partial charge in [0.15, 0.2) is 0 Å². The van der Waals surface area contributed by atoms with Crippen LogP contribution in [0.4, 0.5) is 0 Å². The van der Waals surface area contributed by atoms with E-state index in [-0.39, 0.29) is 12.1 Å². The molecule has 2 heteroatoms. The average Bonchev–Trinajstić information content (AvgIpc) is 3.03. The molecule has 3 N–H and O–H groups in total. The highest BCUT2D eigenvalue weighted by Crippen LogP contribution is 2.37. The molecule has 2 atom stereocenters. The number of rotatable bonds is 3. The molecule has 82 valence electrons. The predicted molar refractivity (Wildman–Crippen MR) is 61.6 cm³/mol. The Balaban J connectivity index is 2.24. The smallest absolute Gasteiger partial charge is 0.0760 e. The maximum Gasteiger partial charge on any atom is 0.0760 e. The van der Waals surface area contributed by atoms with Crippen molar-refractivity contribution in [3.05, 3.63) is 34.9 Å². The van der Waals surface area contributed by atoms with E-state index in [2.05, 4.69) is 19.9 Å². The van der Waals surface area contributed by atoms with Gasteiger partial charge in [-0.05, 0) is 49.3 Å². The van der Waals surface area contributed by atoms with Crippen molar-refractivity contribution in [2.24, 2.45) is 11.7 Å². The van der Waals surface area contributed by atoms with Gasteiger partial charge in [-0.2, -0.15) is 0 Å². The molecule has 15 heavy (non-hydrogen) atoms. The maximum absolute atomic E-state index is 10.0. The molecule has 0 amide bonds.